The summed E-state index contributed by atoms with van der Waals surface area (Å²) in [4.78, 5) is 31.7. The highest BCUT2D eigenvalue weighted by molar-refractivity contribution is 7.99. The molecule has 0 spiro atoms. The summed E-state index contributed by atoms with van der Waals surface area (Å²) in [7, 11) is 2.99. The van der Waals surface area contributed by atoms with Crippen molar-refractivity contribution < 1.29 is 19.1 Å². The first-order chi connectivity index (χ1) is 13.1. The van der Waals surface area contributed by atoms with Crippen molar-refractivity contribution in [3.63, 3.8) is 0 Å². The number of carbonyl (C=O) groups is 2. The number of thioether (sulfide) groups is 1. The Kier molecular flexibility index (Phi) is 5.82. The predicted molar refractivity (Wildman–Crippen MR) is 102 cm³/mol. The zero-order valence-electron chi connectivity index (χ0n) is 14.7. The number of nitrogens with one attached hydrogen (secondary N) is 3. The van der Waals surface area contributed by atoms with Crippen molar-refractivity contribution in [2.24, 2.45) is 0 Å². The second-order valence-corrected chi connectivity index (χ2v) is 6.42. The summed E-state index contributed by atoms with van der Waals surface area (Å²) in [6, 6.07) is 12.4. The number of fused-ring (bicyclic) bond motifs is 1. The normalized spacial score (nSPS) is 10.4. The highest BCUT2D eigenvalue weighted by atomic mass is 32.2. The number of para-hydroxylation sites is 2. The summed E-state index contributed by atoms with van der Waals surface area (Å²) in [6.45, 7) is 0. The number of hydrogen-bond donors (Lipinski definition) is 3. The number of imidazole rings is 1. The fourth-order valence-electron chi connectivity index (χ4n) is 2.30. The Morgan fingerprint density at radius 2 is 1.78 bits per heavy atom. The Labute approximate surface area is 159 Å². The van der Waals surface area contributed by atoms with Gasteiger partial charge < -0.3 is 14.5 Å². The number of hydrazine groups is 1. The Hall–Kier alpha value is -3.20. The van der Waals surface area contributed by atoms with Crippen LogP contribution in [0.15, 0.2) is 47.6 Å². The molecule has 1 aromatic heterocycles. The molecule has 9 heteroatoms. The van der Waals surface area contributed by atoms with Gasteiger partial charge in [0, 0.05) is 11.6 Å². The number of nitrogens with zero attached hydrogens (tertiary/aromatic N) is 1. The van der Waals surface area contributed by atoms with E-state index in [1.54, 1.807) is 18.2 Å². The van der Waals surface area contributed by atoms with Gasteiger partial charge in [0.15, 0.2) is 5.16 Å². The van der Waals surface area contributed by atoms with Crippen LogP contribution in [0.4, 0.5) is 0 Å². The first-order valence-corrected chi connectivity index (χ1v) is 8.97. The summed E-state index contributed by atoms with van der Waals surface area (Å²) in [5, 5.41) is 0.634. The maximum atomic E-state index is 12.2. The lowest BCUT2D eigenvalue weighted by molar-refractivity contribution is -0.119. The molecule has 0 bridgehead atoms. The molecular formula is C18H18N4O4S. The van der Waals surface area contributed by atoms with E-state index in [9.17, 15) is 9.59 Å². The van der Waals surface area contributed by atoms with Crippen molar-refractivity contribution in [3.8, 4) is 11.5 Å². The molecule has 0 aliphatic carbocycles. The SMILES string of the molecule is COc1cc(OC)cc(C(=O)NNC(=O)CSc2nc3ccccc3[nH]2)c1. The van der Waals surface area contributed by atoms with Crippen molar-refractivity contribution in [3.05, 3.63) is 48.0 Å². The minimum atomic E-state index is -0.478. The molecule has 3 N–H and O–H groups in total. The predicted octanol–water partition coefficient (Wildman–Crippen LogP) is 2.13. The number of carbonyl (C=O) groups excluding carboxylic acids is 2. The van der Waals surface area contributed by atoms with E-state index < -0.39 is 5.91 Å². The molecule has 3 aromatic rings. The molecule has 27 heavy (non-hydrogen) atoms. The summed E-state index contributed by atoms with van der Waals surface area (Å²) in [6.07, 6.45) is 0. The third-order valence-corrected chi connectivity index (χ3v) is 4.51. The highest BCUT2D eigenvalue weighted by Crippen LogP contribution is 2.22. The van der Waals surface area contributed by atoms with Crippen LogP contribution in [0.2, 0.25) is 0 Å². The van der Waals surface area contributed by atoms with Gasteiger partial charge in [0.25, 0.3) is 5.91 Å². The van der Waals surface area contributed by atoms with Crippen LogP contribution in [0.5, 0.6) is 11.5 Å². The number of hydrogen-bond acceptors (Lipinski definition) is 6. The number of methoxy groups -OCH3 is 2. The van der Waals surface area contributed by atoms with Crippen LogP contribution < -0.4 is 20.3 Å². The molecule has 0 fully saturated rings. The first-order valence-electron chi connectivity index (χ1n) is 7.99. The summed E-state index contributed by atoms with van der Waals surface area (Å²) in [5.74, 6) is 0.220. The standard InChI is InChI=1S/C18H18N4O4S/c1-25-12-7-11(8-13(9-12)26-2)17(24)22-21-16(23)10-27-18-19-14-5-3-4-6-15(14)20-18/h3-9H,10H2,1-2H3,(H,19,20)(H,21,23)(H,22,24). The van der Waals surface area contributed by atoms with Crippen LogP contribution in [-0.4, -0.2) is 41.8 Å². The minimum absolute atomic E-state index is 0.0987. The number of amides is 2. The van der Waals surface area contributed by atoms with Crippen LogP contribution in [-0.2, 0) is 4.79 Å². The molecule has 0 atom stereocenters. The molecule has 2 amide bonds. The van der Waals surface area contributed by atoms with Gasteiger partial charge in [-0.25, -0.2) is 4.98 Å². The van der Waals surface area contributed by atoms with E-state index in [1.165, 1.54) is 26.0 Å². The van der Waals surface area contributed by atoms with Gasteiger partial charge in [-0.1, -0.05) is 23.9 Å². The quantitative estimate of drug-likeness (QED) is 0.443. The molecule has 0 radical (unpaired) electrons. The molecule has 0 aliphatic heterocycles. The van der Waals surface area contributed by atoms with Crippen molar-refractivity contribution in [2.75, 3.05) is 20.0 Å². The lowest BCUT2D eigenvalue weighted by atomic mass is 10.2. The minimum Gasteiger partial charge on any atom is -0.497 e. The van der Waals surface area contributed by atoms with Crippen LogP contribution >= 0.6 is 11.8 Å². The highest BCUT2D eigenvalue weighted by Gasteiger charge is 2.12. The maximum absolute atomic E-state index is 12.2. The van der Waals surface area contributed by atoms with Crippen LogP contribution in [0, 0.1) is 0 Å². The summed E-state index contributed by atoms with van der Waals surface area (Å²) >= 11 is 1.24. The second kappa shape index (κ2) is 8.45. The number of benzene rings is 2. The molecule has 1 heterocycles. The smallest absolute Gasteiger partial charge is 0.269 e. The molecule has 0 saturated heterocycles. The molecule has 8 nitrogen and oxygen atoms in total. The van der Waals surface area contributed by atoms with Gasteiger partial charge in [0.2, 0.25) is 5.91 Å². The molecule has 140 valence electrons. The third kappa shape index (κ3) is 4.70. The van der Waals surface area contributed by atoms with E-state index in [-0.39, 0.29) is 11.7 Å². The Morgan fingerprint density at radius 1 is 1.07 bits per heavy atom. The van der Waals surface area contributed by atoms with Crippen LogP contribution in [0.25, 0.3) is 11.0 Å². The molecule has 0 unspecified atom stereocenters. The van der Waals surface area contributed by atoms with E-state index in [2.05, 4.69) is 20.8 Å². The van der Waals surface area contributed by atoms with Gasteiger partial charge in [0.1, 0.15) is 11.5 Å². The largest absolute Gasteiger partial charge is 0.497 e. The van der Waals surface area contributed by atoms with Gasteiger partial charge in [-0.2, -0.15) is 0 Å². The number of ether oxygens (including phenoxy) is 2. The average Bonchev–Trinajstić information content (AvgIpc) is 3.13. The van der Waals surface area contributed by atoms with Crippen molar-refractivity contribution in [1.29, 1.82) is 0 Å². The molecule has 2 aromatic carbocycles. The van der Waals surface area contributed by atoms with E-state index >= 15 is 0 Å². The third-order valence-electron chi connectivity index (χ3n) is 3.64. The maximum Gasteiger partial charge on any atom is 0.269 e. The fourth-order valence-corrected chi connectivity index (χ4v) is 2.99. The number of aromatic nitrogens is 2. The van der Waals surface area contributed by atoms with E-state index in [4.69, 9.17) is 9.47 Å². The Balaban J connectivity index is 1.53. The lowest BCUT2D eigenvalue weighted by Crippen LogP contribution is -2.42. The van der Waals surface area contributed by atoms with Gasteiger partial charge in [0.05, 0.1) is 31.0 Å². The van der Waals surface area contributed by atoms with Crippen molar-refractivity contribution in [1.82, 2.24) is 20.8 Å². The fraction of sp³-hybridized carbons (Fsp3) is 0.167. The Bertz CT molecular complexity index is 918. The van der Waals surface area contributed by atoms with Crippen molar-refractivity contribution >= 4 is 34.6 Å². The molecule has 3 rings (SSSR count). The second-order valence-electron chi connectivity index (χ2n) is 5.45. The first kappa shape index (κ1) is 18.6. The van der Waals surface area contributed by atoms with Gasteiger partial charge in [-0.05, 0) is 24.3 Å². The Morgan fingerprint density at radius 3 is 2.44 bits per heavy atom. The van der Waals surface area contributed by atoms with Crippen LogP contribution in [0.3, 0.4) is 0 Å². The molecular weight excluding hydrogens is 368 g/mol. The van der Waals surface area contributed by atoms with Gasteiger partial charge >= 0.3 is 0 Å². The topological polar surface area (TPSA) is 105 Å². The van der Waals surface area contributed by atoms with E-state index in [0.717, 1.165) is 11.0 Å². The molecule has 0 aliphatic rings. The van der Waals surface area contributed by atoms with Gasteiger partial charge in [-0.15, -0.1) is 0 Å². The number of rotatable bonds is 6. The summed E-state index contributed by atoms with van der Waals surface area (Å²) < 4.78 is 10.2. The zero-order chi connectivity index (χ0) is 19.2. The number of H-pyrrole nitrogens is 1. The molecule has 0 saturated carbocycles. The van der Waals surface area contributed by atoms with Crippen molar-refractivity contribution in [2.45, 2.75) is 5.16 Å². The van der Waals surface area contributed by atoms with E-state index in [1.807, 2.05) is 24.3 Å². The number of aromatic amines is 1. The monoisotopic (exact) mass is 386 g/mol. The average molecular weight is 386 g/mol. The lowest BCUT2D eigenvalue weighted by Gasteiger charge is -2.10. The van der Waals surface area contributed by atoms with Gasteiger partial charge in [-0.3, -0.25) is 20.4 Å². The van der Waals surface area contributed by atoms with Crippen LogP contribution in [0.1, 0.15) is 10.4 Å². The zero-order valence-corrected chi connectivity index (χ0v) is 15.6. The summed E-state index contributed by atoms with van der Waals surface area (Å²) in [5.41, 5.74) is 6.79. The van der Waals surface area contributed by atoms with E-state index in [0.29, 0.717) is 22.2 Å².